The molecule has 0 aromatic carbocycles. The summed E-state index contributed by atoms with van der Waals surface area (Å²) in [5, 5.41) is 5.59. The van der Waals surface area contributed by atoms with E-state index in [-0.39, 0.29) is 24.2 Å². The molecule has 0 spiro atoms. The lowest BCUT2D eigenvalue weighted by atomic mass is 10.0. The maximum absolute atomic E-state index is 12.6. The molecule has 1 aromatic heterocycles. The Morgan fingerprint density at radius 2 is 2.16 bits per heavy atom. The Labute approximate surface area is 120 Å². The SMILES string of the molecule is CCCC1NC(c2cccs2)N(C(C)C(C)C)C1=O. The van der Waals surface area contributed by atoms with E-state index >= 15 is 0 Å². The molecule has 3 nitrogen and oxygen atoms in total. The first-order valence-electron chi connectivity index (χ1n) is 7.17. The molecule has 1 aliphatic heterocycles. The maximum atomic E-state index is 12.6. The van der Waals surface area contributed by atoms with Crippen molar-refractivity contribution in [2.24, 2.45) is 5.92 Å². The van der Waals surface area contributed by atoms with Crippen molar-refractivity contribution in [1.82, 2.24) is 10.2 Å². The highest BCUT2D eigenvalue weighted by molar-refractivity contribution is 7.10. The molecule has 0 bridgehead atoms. The number of rotatable bonds is 5. The molecule has 1 N–H and O–H groups in total. The molecule has 0 saturated carbocycles. The van der Waals surface area contributed by atoms with Gasteiger partial charge in [0.15, 0.2) is 0 Å². The number of thiophene rings is 1. The van der Waals surface area contributed by atoms with E-state index in [1.807, 2.05) is 0 Å². The van der Waals surface area contributed by atoms with E-state index in [0.717, 1.165) is 12.8 Å². The molecule has 3 unspecified atom stereocenters. The van der Waals surface area contributed by atoms with Gasteiger partial charge >= 0.3 is 0 Å². The summed E-state index contributed by atoms with van der Waals surface area (Å²) >= 11 is 1.72. The van der Waals surface area contributed by atoms with E-state index < -0.39 is 0 Å². The van der Waals surface area contributed by atoms with Crippen LogP contribution in [0.3, 0.4) is 0 Å². The fraction of sp³-hybridized carbons (Fsp3) is 0.667. The van der Waals surface area contributed by atoms with Crippen molar-refractivity contribution in [3.8, 4) is 0 Å². The Balaban J connectivity index is 2.26. The molecular weight excluding hydrogens is 256 g/mol. The predicted molar refractivity (Wildman–Crippen MR) is 80.0 cm³/mol. The minimum atomic E-state index is -0.0155. The smallest absolute Gasteiger partial charge is 0.241 e. The van der Waals surface area contributed by atoms with Crippen molar-refractivity contribution in [1.29, 1.82) is 0 Å². The molecule has 1 amide bonds. The van der Waals surface area contributed by atoms with E-state index in [0.29, 0.717) is 5.92 Å². The summed E-state index contributed by atoms with van der Waals surface area (Å²) in [6.45, 7) is 8.63. The topological polar surface area (TPSA) is 32.3 Å². The Kier molecular flexibility index (Phi) is 4.63. The van der Waals surface area contributed by atoms with E-state index in [9.17, 15) is 4.79 Å². The highest BCUT2D eigenvalue weighted by Crippen LogP contribution is 2.33. The number of carbonyl (C=O) groups is 1. The second-order valence-electron chi connectivity index (χ2n) is 5.66. The van der Waals surface area contributed by atoms with Gasteiger partial charge in [-0.25, -0.2) is 0 Å². The second kappa shape index (κ2) is 6.06. The zero-order valence-corrected chi connectivity index (χ0v) is 13.0. The number of carbonyl (C=O) groups excluding carboxylic acids is 1. The van der Waals surface area contributed by atoms with Gasteiger partial charge in [-0.05, 0) is 30.7 Å². The van der Waals surface area contributed by atoms with Crippen LogP contribution < -0.4 is 5.32 Å². The van der Waals surface area contributed by atoms with E-state index in [2.05, 4.69) is 55.4 Å². The molecule has 3 atom stereocenters. The van der Waals surface area contributed by atoms with Gasteiger partial charge in [-0.15, -0.1) is 11.3 Å². The fourth-order valence-corrected chi connectivity index (χ4v) is 3.35. The third-order valence-electron chi connectivity index (χ3n) is 3.98. The van der Waals surface area contributed by atoms with Crippen LogP contribution in [0.25, 0.3) is 0 Å². The number of amides is 1. The molecule has 0 aliphatic carbocycles. The molecule has 2 heterocycles. The first kappa shape index (κ1) is 14.5. The van der Waals surface area contributed by atoms with Crippen molar-refractivity contribution >= 4 is 17.2 Å². The highest BCUT2D eigenvalue weighted by Gasteiger charge is 2.42. The van der Waals surface area contributed by atoms with Crippen LogP contribution in [0.2, 0.25) is 0 Å². The van der Waals surface area contributed by atoms with Gasteiger partial charge in [0.1, 0.15) is 6.17 Å². The molecule has 1 fully saturated rings. The molecule has 2 rings (SSSR count). The Hall–Kier alpha value is -0.870. The van der Waals surface area contributed by atoms with Crippen LogP contribution >= 0.6 is 11.3 Å². The van der Waals surface area contributed by atoms with Crippen molar-refractivity contribution in [3.05, 3.63) is 22.4 Å². The maximum Gasteiger partial charge on any atom is 0.241 e. The lowest BCUT2D eigenvalue weighted by Gasteiger charge is -2.32. The van der Waals surface area contributed by atoms with Gasteiger partial charge in [0.25, 0.3) is 0 Å². The average Bonchev–Trinajstić information content (AvgIpc) is 2.98. The largest absolute Gasteiger partial charge is 0.318 e. The summed E-state index contributed by atoms with van der Waals surface area (Å²) < 4.78 is 0. The number of hydrogen-bond acceptors (Lipinski definition) is 3. The quantitative estimate of drug-likeness (QED) is 0.896. The van der Waals surface area contributed by atoms with Gasteiger partial charge in [0.2, 0.25) is 5.91 Å². The van der Waals surface area contributed by atoms with Crippen LogP contribution in [-0.2, 0) is 4.79 Å². The number of nitrogens with one attached hydrogen (secondary N) is 1. The minimum absolute atomic E-state index is 0.0155. The number of hydrogen-bond donors (Lipinski definition) is 1. The molecule has 4 heteroatoms. The standard InChI is InChI=1S/C15H24N2OS/c1-5-7-12-15(18)17(11(4)10(2)3)14(16-12)13-8-6-9-19-13/h6,8-12,14,16H,5,7H2,1-4H3. The van der Waals surface area contributed by atoms with Gasteiger partial charge in [-0.3, -0.25) is 10.1 Å². The van der Waals surface area contributed by atoms with Crippen LogP contribution in [-0.4, -0.2) is 22.9 Å². The normalized spacial score (nSPS) is 25.3. The van der Waals surface area contributed by atoms with Crippen molar-refractivity contribution in [2.45, 2.75) is 58.8 Å². The molecule has 1 saturated heterocycles. The Morgan fingerprint density at radius 3 is 2.68 bits per heavy atom. The monoisotopic (exact) mass is 280 g/mol. The molecule has 19 heavy (non-hydrogen) atoms. The number of nitrogens with zero attached hydrogens (tertiary/aromatic N) is 1. The van der Waals surface area contributed by atoms with Crippen molar-refractivity contribution < 1.29 is 4.79 Å². The summed E-state index contributed by atoms with van der Waals surface area (Å²) in [6.07, 6.45) is 2.01. The van der Waals surface area contributed by atoms with Gasteiger partial charge in [0, 0.05) is 10.9 Å². The van der Waals surface area contributed by atoms with Crippen molar-refractivity contribution in [3.63, 3.8) is 0 Å². The Bertz CT molecular complexity index is 416. The lowest BCUT2D eigenvalue weighted by molar-refractivity contribution is -0.133. The zero-order chi connectivity index (χ0) is 14.0. The van der Waals surface area contributed by atoms with Crippen LogP contribution in [0.5, 0.6) is 0 Å². The second-order valence-corrected chi connectivity index (χ2v) is 6.64. The molecule has 106 valence electrons. The zero-order valence-electron chi connectivity index (χ0n) is 12.2. The molecule has 0 radical (unpaired) electrons. The fourth-order valence-electron chi connectivity index (χ4n) is 2.57. The minimum Gasteiger partial charge on any atom is -0.318 e. The van der Waals surface area contributed by atoms with Crippen LogP contribution in [0.4, 0.5) is 0 Å². The summed E-state index contributed by atoms with van der Waals surface area (Å²) in [5.74, 6) is 0.732. The van der Waals surface area contributed by atoms with Crippen LogP contribution in [0.1, 0.15) is 51.6 Å². The van der Waals surface area contributed by atoms with Crippen LogP contribution in [0.15, 0.2) is 17.5 Å². The third kappa shape index (κ3) is 2.84. The van der Waals surface area contributed by atoms with Gasteiger partial charge in [-0.2, -0.15) is 0 Å². The average molecular weight is 280 g/mol. The van der Waals surface area contributed by atoms with E-state index in [1.54, 1.807) is 11.3 Å². The summed E-state index contributed by atoms with van der Waals surface area (Å²) in [5.41, 5.74) is 0. The summed E-state index contributed by atoms with van der Waals surface area (Å²) in [6, 6.07) is 4.41. The first-order chi connectivity index (χ1) is 9.06. The first-order valence-corrected chi connectivity index (χ1v) is 8.05. The molecule has 1 aliphatic rings. The molecule has 1 aromatic rings. The summed E-state index contributed by atoms with van der Waals surface area (Å²) in [7, 11) is 0. The lowest BCUT2D eigenvalue weighted by Crippen LogP contribution is -2.41. The van der Waals surface area contributed by atoms with Crippen LogP contribution in [0, 0.1) is 5.92 Å². The van der Waals surface area contributed by atoms with Crippen molar-refractivity contribution in [2.75, 3.05) is 0 Å². The Morgan fingerprint density at radius 1 is 1.42 bits per heavy atom. The predicted octanol–water partition coefficient (Wildman–Crippen LogP) is 3.39. The van der Waals surface area contributed by atoms with E-state index in [4.69, 9.17) is 0 Å². The third-order valence-corrected chi connectivity index (χ3v) is 4.91. The molecular formula is C15H24N2OS. The summed E-state index contributed by atoms with van der Waals surface area (Å²) in [4.78, 5) is 15.9. The van der Waals surface area contributed by atoms with E-state index in [1.165, 1.54) is 4.88 Å². The highest BCUT2D eigenvalue weighted by atomic mass is 32.1. The van der Waals surface area contributed by atoms with Gasteiger partial charge in [0.05, 0.1) is 6.04 Å². The van der Waals surface area contributed by atoms with Gasteiger partial charge in [-0.1, -0.05) is 33.3 Å². The van der Waals surface area contributed by atoms with Gasteiger partial charge < -0.3 is 4.90 Å².